The molecule has 1 saturated carbocycles. The maximum Gasteiger partial charge on any atom is 0.390 e. The number of alkyl halides is 3. The van der Waals surface area contributed by atoms with E-state index < -0.39 is 28.4 Å². The Kier molecular flexibility index (Phi) is 5.19. The fourth-order valence-electron chi connectivity index (χ4n) is 3.23. The van der Waals surface area contributed by atoms with Crippen molar-refractivity contribution in [2.24, 2.45) is 0 Å². The van der Waals surface area contributed by atoms with Crippen LogP contribution in [0.15, 0.2) is 18.6 Å². The Labute approximate surface area is 145 Å². The highest BCUT2D eigenvalue weighted by Gasteiger charge is 2.39. The van der Waals surface area contributed by atoms with Crippen molar-refractivity contribution in [3.8, 4) is 0 Å². The van der Waals surface area contributed by atoms with E-state index in [9.17, 15) is 21.6 Å². The summed E-state index contributed by atoms with van der Waals surface area (Å²) in [6.07, 6.45) is 0.737. The standard InChI is InChI=1S/C15H21F3N4O2S/c16-15(17,18)6-10-25(23,24)21-8-4-13(5-9-21)22(12-1-2-12)14-3-7-19-11-20-14/h3,7,11-13H,1-2,4-6,8-10H2. The quantitative estimate of drug-likeness (QED) is 0.759. The first-order valence-corrected chi connectivity index (χ1v) is 9.96. The minimum Gasteiger partial charge on any atom is -0.350 e. The lowest BCUT2D eigenvalue weighted by Gasteiger charge is -2.39. The molecule has 25 heavy (non-hydrogen) atoms. The van der Waals surface area contributed by atoms with Gasteiger partial charge < -0.3 is 4.90 Å². The van der Waals surface area contributed by atoms with Crippen molar-refractivity contribution in [1.29, 1.82) is 0 Å². The van der Waals surface area contributed by atoms with Gasteiger partial charge in [-0.1, -0.05) is 0 Å². The zero-order valence-corrected chi connectivity index (χ0v) is 14.5. The maximum absolute atomic E-state index is 12.3. The maximum atomic E-state index is 12.3. The lowest BCUT2D eigenvalue weighted by molar-refractivity contribution is -0.130. The number of hydrogen-bond acceptors (Lipinski definition) is 5. The van der Waals surface area contributed by atoms with Crippen LogP contribution in [0.4, 0.5) is 19.0 Å². The van der Waals surface area contributed by atoms with Gasteiger partial charge in [-0.25, -0.2) is 22.7 Å². The highest BCUT2D eigenvalue weighted by Crippen LogP contribution is 2.35. The first-order valence-electron chi connectivity index (χ1n) is 8.35. The van der Waals surface area contributed by atoms with Crippen molar-refractivity contribution >= 4 is 15.8 Å². The number of piperidine rings is 1. The minimum atomic E-state index is -4.46. The normalized spacial score (nSPS) is 20.6. The molecule has 1 aromatic rings. The molecule has 6 nitrogen and oxygen atoms in total. The third-order valence-electron chi connectivity index (χ3n) is 4.62. The van der Waals surface area contributed by atoms with Gasteiger partial charge in [0.15, 0.2) is 0 Å². The molecule has 1 aromatic heterocycles. The van der Waals surface area contributed by atoms with E-state index in [1.165, 1.54) is 10.6 Å². The molecule has 1 aliphatic carbocycles. The molecule has 0 unspecified atom stereocenters. The Morgan fingerprint density at radius 1 is 1.16 bits per heavy atom. The van der Waals surface area contributed by atoms with Crippen LogP contribution in [0.1, 0.15) is 32.1 Å². The second kappa shape index (κ2) is 7.06. The molecule has 3 rings (SSSR count). The molecule has 0 radical (unpaired) electrons. The SMILES string of the molecule is O=S(=O)(CCC(F)(F)F)N1CCC(N(c2ccncn2)C2CC2)CC1. The van der Waals surface area contributed by atoms with Gasteiger partial charge in [0.25, 0.3) is 0 Å². The summed E-state index contributed by atoms with van der Waals surface area (Å²) < 4.78 is 62.3. The fourth-order valence-corrected chi connectivity index (χ4v) is 4.75. The molecule has 10 heteroatoms. The van der Waals surface area contributed by atoms with Crippen molar-refractivity contribution < 1.29 is 21.6 Å². The van der Waals surface area contributed by atoms with Gasteiger partial charge in [0.2, 0.25) is 10.0 Å². The lowest BCUT2D eigenvalue weighted by Crippen LogP contribution is -2.48. The molecule has 2 heterocycles. The molecule has 0 atom stereocenters. The highest BCUT2D eigenvalue weighted by atomic mass is 32.2. The molecule has 0 spiro atoms. The Morgan fingerprint density at radius 3 is 2.32 bits per heavy atom. The largest absolute Gasteiger partial charge is 0.390 e. The summed E-state index contributed by atoms with van der Waals surface area (Å²) in [5.74, 6) is -0.0461. The molecular weight excluding hydrogens is 357 g/mol. The van der Waals surface area contributed by atoms with Crippen LogP contribution in [-0.4, -0.2) is 59.8 Å². The zero-order valence-electron chi connectivity index (χ0n) is 13.7. The molecule has 140 valence electrons. The van der Waals surface area contributed by atoms with Crippen LogP contribution in [0.3, 0.4) is 0 Å². The summed E-state index contributed by atoms with van der Waals surface area (Å²) in [6.45, 7) is 0.498. The molecule has 0 amide bonds. The van der Waals surface area contributed by atoms with Crippen molar-refractivity contribution in [3.63, 3.8) is 0 Å². The predicted molar refractivity (Wildman–Crippen MR) is 86.6 cm³/mol. The van der Waals surface area contributed by atoms with Gasteiger partial charge in [-0.05, 0) is 31.7 Å². The number of nitrogens with zero attached hydrogens (tertiary/aromatic N) is 4. The zero-order chi connectivity index (χ0) is 18.1. The highest BCUT2D eigenvalue weighted by molar-refractivity contribution is 7.89. The van der Waals surface area contributed by atoms with Crippen LogP contribution < -0.4 is 4.90 Å². The molecule has 2 aliphatic rings. The van der Waals surface area contributed by atoms with Gasteiger partial charge in [0, 0.05) is 31.4 Å². The van der Waals surface area contributed by atoms with Gasteiger partial charge in [0.05, 0.1) is 12.2 Å². The predicted octanol–water partition coefficient (Wildman–Crippen LogP) is 2.19. The van der Waals surface area contributed by atoms with E-state index in [1.54, 1.807) is 6.20 Å². The Morgan fingerprint density at radius 2 is 1.80 bits per heavy atom. The number of hydrogen-bond donors (Lipinski definition) is 0. The van der Waals surface area contributed by atoms with E-state index in [1.807, 2.05) is 6.07 Å². The number of anilines is 1. The van der Waals surface area contributed by atoms with E-state index in [0.717, 1.165) is 18.7 Å². The van der Waals surface area contributed by atoms with E-state index >= 15 is 0 Å². The van der Waals surface area contributed by atoms with Crippen molar-refractivity contribution in [3.05, 3.63) is 18.6 Å². The topological polar surface area (TPSA) is 66.4 Å². The van der Waals surface area contributed by atoms with E-state index in [2.05, 4.69) is 14.9 Å². The number of aromatic nitrogens is 2. The smallest absolute Gasteiger partial charge is 0.350 e. The molecule has 1 saturated heterocycles. The second-order valence-corrected chi connectivity index (χ2v) is 8.61. The van der Waals surface area contributed by atoms with Crippen LogP contribution >= 0.6 is 0 Å². The van der Waals surface area contributed by atoms with Crippen LogP contribution in [0, 0.1) is 0 Å². The first kappa shape index (κ1) is 18.4. The van der Waals surface area contributed by atoms with Crippen molar-refractivity contribution in [2.45, 2.75) is 50.4 Å². The van der Waals surface area contributed by atoms with E-state index in [4.69, 9.17) is 0 Å². The van der Waals surface area contributed by atoms with Gasteiger partial charge >= 0.3 is 6.18 Å². The molecule has 0 aromatic carbocycles. The summed E-state index contributed by atoms with van der Waals surface area (Å²) in [5, 5.41) is 0. The summed E-state index contributed by atoms with van der Waals surface area (Å²) in [6, 6.07) is 2.40. The average molecular weight is 378 g/mol. The van der Waals surface area contributed by atoms with Gasteiger partial charge in [-0.2, -0.15) is 13.2 Å². The Bertz CT molecular complexity index is 672. The number of rotatable bonds is 6. The molecule has 2 fully saturated rings. The third-order valence-corrected chi connectivity index (χ3v) is 6.50. The minimum absolute atomic E-state index is 0.150. The number of halogens is 3. The van der Waals surface area contributed by atoms with Crippen LogP contribution in [0.2, 0.25) is 0 Å². The summed E-state index contributed by atoms with van der Waals surface area (Å²) >= 11 is 0. The lowest BCUT2D eigenvalue weighted by atomic mass is 10.0. The van der Waals surface area contributed by atoms with Crippen LogP contribution in [0.5, 0.6) is 0 Å². The van der Waals surface area contributed by atoms with Crippen molar-refractivity contribution in [2.75, 3.05) is 23.7 Å². The molecule has 0 bridgehead atoms. The fraction of sp³-hybridized carbons (Fsp3) is 0.733. The van der Waals surface area contributed by atoms with Gasteiger partial charge in [-0.15, -0.1) is 0 Å². The van der Waals surface area contributed by atoms with Gasteiger partial charge in [0.1, 0.15) is 12.1 Å². The number of sulfonamides is 1. The summed E-state index contributed by atoms with van der Waals surface area (Å²) in [5.41, 5.74) is 0. The third kappa shape index (κ3) is 4.81. The van der Waals surface area contributed by atoms with Crippen molar-refractivity contribution in [1.82, 2.24) is 14.3 Å². The van der Waals surface area contributed by atoms with Crippen LogP contribution in [0.25, 0.3) is 0 Å². The van der Waals surface area contributed by atoms with Crippen LogP contribution in [-0.2, 0) is 10.0 Å². The average Bonchev–Trinajstić information content (AvgIpc) is 3.39. The Hall–Kier alpha value is -1.42. The molecular formula is C15H21F3N4O2S. The van der Waals surface area contributed by atoms with Gasteiger partial charge in [-0.3, -0.25) is 0 Å². The second-order valence-electron chi connectivity index (χ2n) is 6.52. The first-order chi connectivity index (χ1) is 11.8. The molecule has 0 N–H and O–H groups in total. The monoisotopic (exact) mass is 378 g/mol. The van der Waals surface area contributed by atoms with E-state index in [0.29, 0.717) is 18.9 Å². The molecule has 1 aliphatic heterocycles. The van der Waals surface area contributed by atoms with E-state index in [-0.39, 0.29) is 19.1 Å². The Balaban J connectivity index is 1.61. The summed E-state index contributed by atoms with van der Waals surface area (Å²) in [4.78, 5) is 10.4. The summed E-state index contributed by atoms with van der Waals surface area (Å²) in [7, 11) is -3.87.